The van der Waals surface area contributed by atoms with E-state index >= 15 is 0 Å². The Bertz CT molecular complexity index is 836. The van der Waals surface area contributed by atoms with E-state index in [-0.39, 0.29) is 12.4 Å². The van der Waals surface area contributed by atoms with E-state index in [1.54, 1.807) is 0 Å². The van der Waals surface area contributed by atoms with Crippen molar-refractivity contribution < 1.29 is 0 Å². The summed E-state index contributed by atoms with van der Waals surface area (Å²) in [4.78, 5) is 4.43. The summed E-state index contributed by atoms with van der Waals surface area (Å²) < 4.78 is 1.17. The molecule has 0 aliphatic heterocycles. The molecule has 5 heteroatoms. The summed E-state index contributed by atoms with van der Waals surface area (Å²) in [5, 5.41) is 4.65. The van der Waals surface area contributed by atoms with Crippen LogP contribution in [0.5, 0.6) is 0 Å². The number of aromatic nitrogens is 1. The van der Waals surface area contributed by atoms with E-state index in [0.29, 0.717) is 5.82 Å². The number of nitrogens with two attached hydrogens (primary N) is 1. The number of hydrogen-bond donors (Lipinski definition) is 2. The number of aryl methyl sites for hydroxylation is 1. The molecule has 0 fully saturated rings. The predicted octanol–water partition coefficient (Wildman–Crippen LogP) is 4.64. The molecule has 0 aliphatic rings. The molecule has 1 heterocycles. The Labute approximate surface area is 157 Å². The topological polar surface area (TPSA) is 50.9 Å². The lowest BCUT2D eigenvalue weighted by Crippen LogP contribution is -2.16. The lowest BCUT2D eigenvalue weighted by atomic mass is 10.1. The third-order valence-corrected chi connectivity index (χ3v) is 4.73. The van der Waals surface area contributed by atoms with E-state index in [9.17, 15) is 0 Å². The van der Waals surface area contributed by atoms with Crippen molar-refractivity contribution in [2.45, 2.75) is 19.9 Å². The lowest BCUT2D eigenvalue weighted by molar-refractivity contribution is 0.686. The third kappa shape index (κ3) is 4.47. The highest BCUT2D eigenvalue weighted by molar-refractivity contribution is 9.10. The number of nitrogens with zero attached hydrogens (tertiary/aromatic N) is 1. The third-order valence-electron chi connectivity index (χ3n) is 3.96. The normalized spacial score (nSPS) is 10.6. The quantitative estimate of drug-likeness (QED) is 0.607. The van der Waals surface area contributed by atoms with Crippen molar-refractivity contribution in [2.24, 2.45) is 0 Å². The zero-order valence-electron chi connectivity index (χ0n) is 13.6. The van der Waals surface area contributed by atoms with Crippen molar-refractivity contribution in [1.82, 2.24) is 10.3 Å². The number of nitrogens with one attached hydrogen (secondary N) is 1. The number of halogens is 2. The summed E-state index contributed by atoms with van der Waals surface area (Å²) in [7, 11) is 0. The highest BCUT2D eigenvalue weighted by Crippen LogP contribution is 2.20. The van der Waals surface area contributed by atoms with Gasteiger partial charge in [-0.1, -0.05) is 46.3 Å². The maximum absolute atomic E-state index is 5.84. The van der Waals surface area contributed by atoms with Crippen LogP contribution in [-0.4, -0.2) is 11.5 Å². The summed E-state index contributed by atoms with van der Waals surface area (Å²) >= 11 is 3.59. The van der Waals surface area contributed by atoms with E-state index in [4.69, 9.17) is 5.73 Å². The molecule has 3 rings (SSSR count). The maximum atomic E-state index is 5.84. The molecule has 0 saturated carbocycles. The smallest absolute Gasteiger partial charge is 0.124 e. The van der Waals surface area contributed by atoms with Crippen LogP contribution in [-0.2, 0) is 13.0 Å². The molecule has 1 aromatic heterocycles. The highest BCUT2D eigenvalue weighted by atomic mass is 79.9. The zero-order chi connectivity index (χ0) is 16.2. The van der Waals surface area contributed by atoms with Gasteiger partial charge in [0.15, 0.2) is 0 Å². The minimum atomic E-state index is 0. The first kappa shape index (κ1) is 18.7. The average molecular weight is 407 g/mol. The summed E-state index contributed by atoms with van der Waals surface area (Å²) in [6.07, 6.45) is 0.999. The molecule has 2 aromatic carbocycles. The first-order valence-corrected chi connectivity index (χ1v) is 8.52. The Morgan fingerprint density at radius 1 is 1.12 bits per heavy atom. The molecule has 0 atom stereocenters. The summed E-state index contributed by atoms with van der Waals surface area (Å²) in [6.45, 7) is 3.83. The number of nitrogen functional groups attached to an aromatic ring is 1. The number of fused-ring (bicyclic) bond motifs is 1. The first-order chi connectivity index (χ1) is 11.1. The SMILES string of the molecule is Cc1cc(N)nc2cc(CNCCc3ccccc3Br)ccc12.Cl. The molecule has 3 nitrogen and oxygen atoms in total. The second kappa shape index (κ2) is 8.47. The predicted molar refractivity (Wildman–Crippen MR) is 108 cm³/mol. The molecule has 24 heavy (non-hydrogen) atoms. The molecule has 126 valence electrons. The molecule has 0 bridgehead atoms. The molecular formula is C19H21BrClN3. The van der Waals surface area contributed by atoms with Crippen molar-refractivity contribution >= 4 is 45.1 Å². The van der Waals surface area contributed by atoms with Crippen LogP contribution < -0.4 is 11.1 Å². The Hall–Kier alpha value is -1.62. The lowest BCUT2D eigenvalue weighted by Gasteiger charge is -2.09. The molecule has 3 aromatic rings. The van der Waals surface area contributed by atoms with Crippen LogP contribution in [0.1, 0.15) is 16.7 Å². The van der Waals surface area contributed by atoms with Gasteiger partial charge in [-0.15, -0.1) is 12.4 Å². The van der Waals surface area contributed by atoms with Crippen LogP contribution in [0.2, 0.25) is 0 Å². The second-order valence-corrected chi connectivity index (χ2v) is 6.59. The number of anilines is 1. The maximum Gasteiger partial charge on any atom is 0.124 e. The van der Waals surface area contributed by atoms with Crippen molar-refractivity contribution in [3.63, 3.8) is 0 Å². The Morgan fingerprint density at radius 2 is 1.92 bits per heavy atom. The summed E-state index contributed by atoms with van der Waals surface area (Å²) in [6, 6.07) is 16.6. The summed E-state index contributed by atoms with van der Waals surface area (Å²) in [5.41, 5.74) is 10.5. The first-order valence-electron chi connectivity index (χ1n) is 7.73. The molecule has 0 unspecified atom stereocenters. The minimum Gasteiger partial charge on any atom is -0.384 e. The zero-order valence-corrected chi connectivity index (χ0v) is 16.0. The van der Waals surface area contributed by atoms with Crippen LogP contribution in [0.3, 0.4) is 0 Å². The van der Waals surface area contributed by atoms with Crippen molar-refractivity contribution in [3.05, 3.63) is 69.7 Å². The van der Waals surface area contributed by atoms with E-state index in [0.717, 1.165) is 30.4 Å². The largest absolute Gasteiger partial charge is 0.384 e. The number of hydrogen-bond acceptors (Lipinski definition) is 3. The molecule has 0 spiro atoms. The molecule has 3 N–H and O–H groups in total. The van der Waals surface area contributed by atoms with Crippen LogP contribution in [0, 0.1) is 6.92 Å². The van der Waals surface area contributed by atoms with E-state index in [1.165, 1.54) is 21.2 Å². The van der Waals surface area contributed by atoms with Crippen LogP contribution in [0.4, 0.5) is 5.82 Å². The Kier molecular flexibility index (Phi) is 6.60. The Balaban J connectivity index is 0.00000208. The fourth-order valence-electron chi connectivity index (χ4n) is 2.74. The van der Waals surface area contributed by atoms with Gasteiger partial charge in [-0.2, -0.15) is 0 Å². The van der Waals surface area contributed by atoms with Gasteiger partial charge < -0.3 is 11.1 Å². The van der Waals surface area contributed by atoms with Gasteiger partial charge in [0.2, 0.25) is 0 Å². The monoisotopic (exact) mass is 405 g/mol. The van der Waals surface area contributed by atoms with E-state index in [1.807, 2.05) is 12.1 Å². The van der Waals surface area contributed by atoms with Gasteiger partial charge in [-0.25, -0.2) is 4.98 Å². The van der Waals surface area contributed by atoms with Gasteiger partial charge in [0.05, 0.1) is 5.52 Å². The van der Waals surface area contributed by atoms with Gasteiger partial charge in [0.1, 0.15) is 5.82 Å². The average Bonchev–Trinajstić information content (AvgIpc) is 2.52. The van der Waals surface area contributed by atoms with Gasteiger partial charge in [0.25, 0.3) is 0 Å². The van der Waals surface area contributed by atoms with Crippen molar-refractivity contribution in [1.29, 1.82) is 0 Å². The number of rotatable bonds is 5. The summed E-state index contributed by atoms with van der Waals surface area (Å²) in [5.74, 6) is 0.578. The molecule has 0 radical (unpaired) electrons. The van der Waals surface area contributed by atoms with E-state index < -0.39 is 0 Å². The molecular weight excluding hydrogens is 386 g/mol. The number of pyridine rings is 1. The van der Waals surface area contributed by atoms with Crippen LogP contribution in [0.15, 0.2) is 53.0 Å². The molecule has 0 aliphatic carbocycles. The highest BCUT2D eigenvalue weighted by Gasteiger charge is 2.03. The minimum absolute atomic E-state index is 0. The molecule has 0 saturated heterocycles. The van der Waals surface area contributed by atoms with Crippen LogP contribution >= 0.6 is 28.3 Å². The fraction of sp³-hybridized carbons (Fsp3) is 0.211. The van der Waals surface area contributed by atoms with Crippen LogP contribution in [0.25, 0.3) is 10.9 Å². The standard InChI is InChI=1S/C19H20BrN3.ClH/c1-13-10-19(21)23-18-11-14(6-7-16(13)18)12-22-9-8-15-4-2-3-5-17(15)20;/h2-7,10-11,22H,8-9,12H2,1H3,(H2,21,23);1H. The van der Waals surface area contributed by atoms with E-state index in [2.05, 4.69) is 69.6 Å². The van der Waals surface area contributed by atoms with Gasteiger partial charge in [-0.3, -0.25) is 0 Å². The fourth-order valence-corrected chi connectivity index (χ4v) is 3.22. The number of benzene rings is 2. The second-order valence-electron chi connectivity index (χ2n) is 5.73. The molecule has 0 amide bonds. The van der Waals surface area contributed by atoms with Gasteiger partial charge in [0, 0.05) is 16.4 Å². The van der Waals surface area contributed by atoms with Gasteiger partial charge in [-0.05, 0) is 54.8 Å². The van der Waals surface area contributed by atoms with Gasteiger partial charge >= 0.3 is 0 Å². The van der Waals surface area contributed by atoms with Crippen molar-refractivity contribution in [3.8, 4) is 0 Å². The Morgan fingerprint density at radius 3 is 2.71 bits per heavy atom. The van der Waals surface area contributed by atoms with Crippen molar-refractivity contribution in [2.75, 3.05) is 12.3 Å².